The summed E-state index contributed by atoms with van der Waals surface area (Å²) in [5, 5.41) is 9.21. The Morgan fingerprint density at radius 2 is 2.11 bits per heavy atom. The number of aromatic carboxylic acids is 1. The lowest BCUT2D eigenvalue weighted by Crippen LogP contribution is -2.35. The number of nitrogens with two attached hydrogens (primary N) is 1. The molecule has 0 aromatic heterocycles. The molecule has 0 bridgehead atoms. The molecule has 0 fully saturated rings. The van der Waals surface area contributed by atoms with E-state index in [1.165, 1.54) is 6.07 Å². The molecule has 0 aliphatic rings. The average molecular weight is 329 g/mol. The monoisotopic (exact) mass is 328 g/mol. The third-order valence-corrected chi connectivity index (χ3v) is 3.15. The first-order valence-electron chi connectivity index (χ1n) is 6.01. The van der Waals surface area contributed by atoms with Crippen molar-refractivity contribution in [3.63, 3.8) is 0 Å². The van der Waals surface area contributed by atoms with Crippen LogP contribution < -0.4 is 10.6 Å². The fraction of sp³-hybridized carbons (Fsp3) is 0.385. The lowest BCUT2D eigenvalue weighted by Gasteiger charge is -2.25. The molecule has 3 N–H and O–H groups in total. The van der Waals surface area contributed by atoms with Gasteiger partial charge in [0.15, 0.2) is 0 Å². The van der Waals surface area contributed by atoms with Crippen molar-refractivity contribution in [3.8, 4) is 0 Å². The van der Waals surface area contributed by atoms with Gasteiger partial charge in [-0.2, -0.15) is 0 Å². The molecule has 0 radical (unpaired) electrons. The van der Waals surface area contributed by atoms with E-state index in [2.05, 4.69) is 15.9 Å². The maximum atomic E-state index is 11.2. The number of primary amides is 1. The maximum Gasteiger partial charge on any atom is 0.337 e. The predicted octanol–water partition coefficient (Wildman–Crippen LogP) is 2.24. The minimum absolute atomic E-state index is 0.0106. The molecule has 1 amide bonds. The molecule has 5 nitrogen and oxygen atoms in total. The molecule has 1 aromatic carbocycles. The molecule has 0 saturated carbocycles. The maximum absolute atomic E-state index is 11.2. The number of anilines is 1. The zero-order valence-electron chi connectivity index (χ0n) is 10.7. The molecule has 0 aliphatic carbocycles. The van der Waals surface area contributed by atoms with Crippen molar-refractivity contribution in [2.75, 3.05) is 18.0 Å². The summed E-state index contributed by atoms with van der Waals surface area (Å²) in [4.78, 5) is 24.1. The lowest BCUT2D eigenvalue weighted by molar-refractivity contribution is -0.116. The molecule has 0 heterocycles. The largest absolute Gasteiger partial charge is 0.478 e. The van der Waals surface area contributed by atoms with Gasteiger partial charge in [-0.05, 0) is 24.6 Å². The second-order valence-electron chi connectivity index (χ2n) is 4.21. The van der Waals surface area contributed by atoms with E-state index in [0.29, 0.717) is 12.2 Å². The van der Waals surface area contributed by atoms with Crippen LogP contribution in [-0.4, -0.2) is 30.1 Å². The predicted molar refractivity (Wildman–Crippen MR) is 77.4 cm³/mol. The number of rotatable bonds is 7. The smallest absolute Gasteiger partial charge is 0.337 e. The van der Waals surface area contributed by atoms with E-state index in [4.69, 9.17) is 5.73 Å². The van der Waals surface area contributed by atoms with E-state index < -0.39 is 11.9 Å². The highest BCUT2D eigenvalue weighted by Crippen LogP contribution is 2.25. The molecule has 1 aromatic rings. The van der Waals surface area contributed by atoms with Gasteiger partial charge in [-0.15, -0.1) is 0 Å². The second-order valence-corrected chi connectivity index (χ2v) is 5.12. The number of halogens is 1. The number of amides is 1. The first-order valence-corrected chi connectivity index (χ1v) is 6.81. The van der Waals surface area contributed by atoms with Crippen LogP contribution >= 0.6 is 15.9 Å². The number of benzene rings is 1. The zero-order chi connectivity index (χ0) is 14.4. The number of unbranched alkanes of at least 4 members (excludes halogenated alkanes) is 1. The molecule has 104 valence electrons. The van der Waals surface area contributed by atoms with E-state index >= 15 is 0 Å². The number of carboxylic acids is 1. The Balaban J connectivity index is 3.14. The molecular weight excluding hydrogens is 312 g/mol. The van der Waals surface area contributed by atoms with Gasteiger partial charge in [0.2, 0.25) is 5.91 Å². The highest BCUT2D eigenvalue weighted by Gasteiger charge is 2.17. The molecule has 0 saturated heterocycles. The summed E-state index contributed by atoms with van der Waals surface area (Å²) in [5.74, 6) is -1.50. The Bertz CT molecular complexity index is 477. The van der Waals surface area contributed by atoms with Crippen LogP contribution in [0.1, 0.15) is 30.1 Å². The fourth-order valence-corrected chi connectivity index (χ4v) is 2.12. The van der Waals surface area contributed by atoms with Crippen LogP contribution in [0.2, 0.25) is 0 Å². The average Bonchev–Trinajstić information content (AvgIpc) is 2.33. The number of nitrogens with zero attached hydrogens (tertiary/aromatic N) is 1. The van der Waals surface area contributed by atoms with Gasteiger partial charge in [0, 0.05) is 11.0 Å². The van der Waals surface area contributed by atoms with Crippen molar-refractivity contribution in [1.82, 2.24) is 0 Å². The summed E-state index contributed by atoms with van der Waals surface area (Å²) in [6, 6.07) is 4.87. The molecule has 0 atom stereocenters. The van der Waals surface area contributed by atoms with Gasteiger partial charge < -0.3 is 15.7 Å². The van der Waals surface area contributed by atoms with Gasteiger partial charge in [0.1, 0.15) is 0 Å². The minimum atomic E-state index is -1.02. The van der Waals surface area contributed by atoms with Crippen molar-refractivity contribution in [1.29, 1.82) is 0 Å². The Morgan fingerprint density at radius 3 is 2.63 bits per heavy atom. The topological polar surface area (TPSA) is 83.6 Å². The van der Waals surface area contributed by atoms with Gasteiger partial charge in [0.25, 0.3) is 0 Å². The Kier molecular flexibility index (Phi) is 5.82. The number of carboxylic acid groups (broad SMARTS) is 1. The zero-order valence-corrected chi connectivity index (χ0v) is 12.3. The third kappa shape index (κ3) is 4.55. The molecular formula is C13H17BrN2O3. The van der Waals surface area contributed by atoms with E-state index in [9.17, 15) is 14.7 Å². The van der Waals surface area contributed by atoms with Crippen molar-refractivity contribution in [2.45, 2.75) is 19.8 Å². The first-order chi connectivity index (χ1) is 8.95. The van der Waals surface area contributed by atoms with Crippen molar-refractivity contribution in [2.24, 2.45) is 5.73 Å². The van der Waals surface area contributed by atoms with E-state index in [1.807, 2.05) is 6.92 Å². The third-order valence-electron chi connectivity index (χ3n) is 2.66. The lowest BCUT2D eigenvalue weighted by atomic mass is 10.1. The molecule has 0 aliphatic heterocycles. The Morgan fingerprint density at radius 1 is 1.42 bits per heavy atom. The van der Waals surface area contributed by atoms with Gasteiger partial charge >= 0.3 is 5.97 Å². The van der Waals surface area contributed by atoms with E-state index in [-0.39, 0.29) is 12.1 Å². The van der Waals surface area contributed by atoms with Crippen LogP contribution in [-0.2, 0) is 4.79 Å². The van der Waals surface area contributed by atoms with Crippen LogP contribution in [0.25, 0.3) is 0 Å². The van der Waals surface area contributed by atoms with E-state index in [1.54, 1.807) is 17.0 Å². The van der Waals surface area contributed by atoms with Crippen LogP contribution in [0.5, 0.6) is 0 Å². The summed E-state index contributed by atoms with van der Waals surface area (Å²) >= 11 is 3.31. The van der Waals surface area contributed by atoms with Gasteiger partial charge in [-0.3, -0.25) is 4.79 Å². The van der Waals surface area contributed by atoms with Crippen molar-refractivity contribution < 1.29 is 14.7 Å². The quantitative estimate of drug-likeness (QED) is 0.803. The second kappa shape index (κ2) is 7.13. The molecule has 0 spiro atoms. The Hall–Kier alpha value is -1.56. The first kappa shape index (κ1) is 15.5. The van der Waals surface area contributed by atoms with Gasteiger partial charge in [0.05, 0.1) is 17.8 Å². The van der Waals surface area contributed by atoms with Crippen LogP contribution in [0.3, 0.4) is 0 Å². The standard InChI is InChI=1S/C13H17BrN2O3/c1-2-3-6-16(8-12(15)17)11-7-9(14)4-5-10(11)13(18)19/h4-5,7H,2-3,6,8H2,1H3,(H2,15,17)(H,18,19). The highest BCUT2D eigenvalue weighted by molar-refractivity contribution is 9.10. The molecule has 6 heteroatoms. The van der Waals surface area contributed by atoms with Crippen LogP contribution in [0, 0.1) is 0 Å². The van der Waals surface area contributed by atoms with Crippen LogP contribution in [0.15, 0.2) is 22.7 Å². The molecule has 0 unspecified atom stereocenters. The van der Waals surface area contributed by atoms with Gasteiger partial charge in [-0.25, -0.2) is 4.79 Å². The summed E-state index contributed by atoms with van der Waals surface area (Å²) in [7, 11) is 0. The van der Waals surface area contributed by atoms with Crippen molar-refractivity contribution >= 4 is 33.5 Å². The number of hydrogen-bond donors (Lipinski definition) is 2. The summed E-state index contributed by atoms with van der Waals surface area (Å²) in [6.45, 7) is 2.63. The van der Waals surface area contributed by atoms with Gasteiger partial charge in [-0.1, -0.05) is 29.3 Å². The number of carbonyl (C=O) groups excluding carboxylic acids is 1. The minimum Gasteiger partial charge on any atom is -0.478 e. The summed E-state index contributed by atoms with van der Waals surface area (Å²) in [6.07, 6.45) is 1.81. The van der Waals surface area contributed by atoms with E-state index in [0.717, 1.165) is 17.3 Å². The van der Waals surface area contributed by atoms with Crippen LogP contribution in [0.4, 0.5) is 5.69 Å². The number of carbonyl (C=O) groups is 2. The highest BCUT2D eigenvalue weighted by atomic mass is 79.9. The normalized spacial score (nSPS) is 10.2. The summed E-state index contributed by atoms with van der Waals surface area (Å²) in [5.41, 5.74) is 5.90. The molecule has 1 rings (SSSR count). The summed E-state index contributed by atoms with van der Waals surface area (Å²) < 4.78 is 0.762. The van der Waals surface area contributed by atoms with Crippen molar-refractivity contribution in [3.05, 3.63) is 28.2 Å². The SMILES string of the molecule is CCCCN(CC(N)=O)c1cc(Br)ccc1C(=O)O. The molecule has 19 heavy (non-hydrogen) atoms. The Labute approximate surface area is 120 Å². The fourth-order valence-electron chi connectivity index (χ4n) is 1.77. The number of hydrogen-bond acceptors (Lipinski definition) is 3.